The lowest BCUT2D eigenvalue weighted by Crippen LogP contribution is -2.41. The maximum absolute atomic E-state index is 14.8. The van der Waals surface area contributed by atoms with Crippen LogP contribution in [0.3, 0.4) is 0 Å². The summed E-state index contributed by atoms with van der Waals surface area (Å²) >= 11 is 0. The Morgan fingerprint density at radius 2 is 1.22 bits per heavy atom. The second kappa shape index (κ2) is 16.5. The van der Waals surface area contributed by atoms with Crippen LogP contribution in [0, 0.1) is 5.82 Å². The van der Waals surface area contributed by atoms with Crippen LogP contribution in [-0.4, -0.2) is 75.1 Å². The zero-order chi connectivity index (χ0) is 38.1. The van der Waals surface area contributed by atoms with E-state index in [9.17, 15) is 37.1 Å². The van der Waals surface area contributed by atoms with Crippen molar-refractivity contribution in [3.8, 4) is 11.5 Å². The molecule has 0 saturated carbocycles. The number of nitrogens with one attached hydrogen (secondary N) is 1. The quantitative estimate of drug-likeness (QED) is 0.154. The number of carbonyl (C=O) groups excluding carboxylic acids is 3. The molecule has 0 saturated heterocycles. The van der Waals surface area contributed by atoms with Crippen LogP contribution in [0.4, 0.5) is 31.0 Å². The molecule has 3 rings (SSSR count). The molecule has 0 aliphatic rings. The second-order valence-corrected chi connectivity index (χ2v) is 14.6. The van der Waals surface area contributed by atoms with E-state index in [1.165, 1.54) is 34.1 Å². The monoisotopic (exact) mass is 732 g/mol. The molecule has 0 radical (unpaired) electrons. The Hall–Kier alpha value is -5.42. The number of aliphatic carboxylic acids is 1. The lowest BCUT2D eigenvalue weighted by Gasteiger charge is -2.31. The van der Waals surface area contributed by atoms with Gasteiger partial charge in [0.25, 0.3) is 0 Å². The molecule has 15 nitrogen and oxygen atoms in total. The van der Waals surface area contributed by atoms with Crippen LogP contribution in [0.1, 0.15) is 41.5 Å². The van der Waals surface area contributed by atoms with Gasteiger partial charge in [0.1, 0.15) is 23.6 Å². The van der Waals surface area contributed by atoms with Gasteiger partial charge in [-0.2, -0.15) is 0 Å². The predicted molar refractivity (Wildman–Crippen MR) is 185 cm³/mol. The molecule has 4 N–H and O–H groups in total. The average molecular weight is 733 g/mol. The van der Waals surface area contributed by atoms with Crippen molar-refractivity contribution in [2.24, 2.45) is 5.14 Å². The van der Waals surface area contributed by atoms with Crippen LogP contribution < -0.4 is 29.7 Å². The van der Waals surface area contributed by atoms with E-state index in [4.69, 9.17) is 24.1 Å². The number of carboxylic acid groups (broad SMARTS) is 1. The molecule has 1 amide bonds. The highest BCUT2D eigenvalue weighted by molar-refractivity contribution is 7.89. The minimum absolute atomic E-state index is 0.00404. The first-order chi connectivity index (χ1) is 23.6. The fourth-order valence-corrected chi connectivity index (χ4v) is 4.97. The third-order valence-corrected chi connectivity index (χ3v) is 7.33. The van der Waals surface area contributed by atoms with Gasteiger partial charge in [0.15, 0.2) is 11.5 Å². The van der Waals surface area contributed by atoms with Crippen LogP contribution in [-0.2, 0) is 29.1 Å². The molecule has 17 heteroatoms. The first-order valence-electron chi connectivity index (χ1n) is 15.4. The Labute approximate surface area is 295 Å². The number of rotatable bonds is 13. The zero-order valence-corrected chi connectivity index (χ0v) is 29.8. The first kappa shape index (κ1) is 40.0. The van der Waals surface area contributed by atoms with E-state index in [2.05, 4.69) is 5.32 Å². The molecule has 3 aromatic rings. The third-order valence-electron chi connectivity index (χ3n) is 6.42. The summed E-state index contributed by atoms with van der Waals surface area (Å²) in [5.41, 5.74) is -1.68. The van der Waals surface area contributed by atoms with Crippen LogP contribution in [0.2, 0.25) is 0 Å². The van der Waals surface area contributed by atoms with E-state index < -0.39 is 69.2 Å². The number of sulfonamides is 1. The number of hydrogen-bond acceptors (Lipinski definition) is 12. The molecule has 0 aromatic heterocycles. The van der Waals surface area contributed by atoms with Crippen LogP contribution >= 0.6 is 0 Å². The standard InChI is InChI=1S/C34H41FN4O11S/c1-33(2,3)49-31(43)47-27-13-9-7-11-25(27)38(20-29(40)37-24-16-15-22(19-23(24)35)51(36,45)46)17-18-39(21-30(41)42)26-12-8-10-14-28(26)48-32(44)50-34(4,5)6/h7-16,19H,17-18,20-21H2,1-6H3,(H,37,40)(H,41,42)(H2,36,45,46). The van der Waals surface area contributed by atoms with Crippen LogP contribution in [0.5, 0.6) is 11.5 Å². The number of ether oxygens (including phenoxy) is 4. The predicted octanol–water partition coefficient (Wildman–Crippen LogP) is 5.14. The molecule has 0 spiro atoms. The average Bonchev–Trinajstić information content (AvgIpc) is 2.97. The number of para-hydroxylation sites is 4. The molecule has 51 heavy (non-hydrogen) atoms. The van der Waals surface area contributed by atoms with Crippen molar-refractivity contribution in [1.82, 2.24) is 0 Å². The van der Waals surface area contributed by atoms with E-state index >= 15 is 0 Å². The van der Waals surface area contributed by atoms with Gasteiger partial charge in [-0.3, -0.25) is 9.59 Å². The number of nitrogens with zero attached hydrogens (tertiary/aromatic N) is 2. The van der Waals surface area contributed by atoms with Crippen molar-refractivity contribution in [3.63, 3.8) is 0 Å². The van der Waals surface area contributed by atoms with Gasteiger partial charge in [-0.05, 0) is 84.0 Å². The summed E-state index contributed by atoms with van der Waals surface area (Å²) in [6, 6.07) is 15.1. The number of primary sulfonamides is 1. The maximum Gasteiger partial charge on any atom is 0.514 e. The summed E-state index contributed by atoms with van der Waals surface area (Å²) in [6.45, 7) is 8.62. The molecule has 0 heterocycles. The summed E-state index contributed by atoms with van der Waals surface area (Å²) in [6.07, 6.45) is -2.04. The second-order valence-electron chi connectivity index (χ2n) is 13.0. The van der Waals surface area contributed by atoms with Gasteiger partial charge in [-0.15, -0.1) is 0 Å². The van der Waals surface area contributed by atoms with E-state index in [0.717, 1.165) is 12.1 Å². The largest absolute Gasteiger partial charge is 0.514 e. The Bertz CT molecular complexity index is 1860. The van der Waals surface area contributed by atoms with Crippen molar-refractivity contribution in [3.05, 3.63) is 72.5 Å². The summed E-state index contributed by atoms with van der Waals surface area (Å²) in [5, 5.41) is 17.2. The van der Waals surface area contributed by atoms with Crippen LogP contribution in [0.15, 0.2) is 71.6 Å². The highest BCUT2D eigenvalue weighted by atomic mass is 32.2. The molecule has 0 bridgehead atoms. The molecule has 0 aliphatic heterocycles. The maximum atomic E-state index is 14.8. The smallest absolute Gasteiger partial charge is 0.480 e. The number of benzene rings is 3. The molecular formula is C34H41FN4O11S. The van der Waals surface area contributed by atoms with Gasteiger partial charge in [0.05, 0.1) is 28.5 Å². The van der Waals surface area contributed by atoms with E-state index in [1.807, 2.05) is 0 Å². The number of carboxylic acids is 1. The highest BCUT2D eigenvalue weighted by Crippen LogP contribution is 2.32. The van der Waals surface area contributed by atoms with Crippen molar-refractivity contribution in [2.75, 3.05) is 41.3 Å². The van der Waals surface area contributed by atoms with Gasteiger partial charge in [0, 0.05) is 13.1 Å². The number of anilines is 3. The third kappa shape index (κ3) is 13.1. The number of hydrogen-bond donors (Lipinski definition) is 3. The zero-order valence-electron chi connectivity index (χ0n) is 29.0. The number of carbonyl (C=O) groups is 4. The van der Waals surface area contributed by atoms with Crippen LogP contribution in [0.25, 0.3) is 0 Å². The summed E-state index contributed by atoms with van der Waals surface area (Å²) in [4.78, 5) is 52.8. The molecule has 276 valence electrons. The fourth-order valence-electron chi connectivity index (χ4n) is 4.44. The Balaban J connectivity index is 1.98. The summed E-state index contributed by atoms with van der Waals surface area (Å²) in [7, 11) is -4.21. The van der Waals surface area contributed by atoms with Crippen molar-refractivity contribution in [1.29, 1.82) is 0 Å². The lowest BCUT2D eigenvalue weighted by atomic mass is 10.2. The van der Waals surface area contributed by atoms with Gasteiger partial charge >= 0.3 is 18.3 Å². The molecule has 3 aromatic carbocycles. The minimum Gasteiger partial charge on any atom is -0.480 e. The van der Waals surface area contributed by atoms with Crippen molar-refractivity contribution < 1.29 is 56.0 Å². The van der Waals surface area contributed by atoms with Gasteiger partial charge < -0.3 is 39.2 Å². The molecule has 0 unspecified atom stereocenters. The number of nitrogens with two attached hydrogens (primary N) is 1. The fraction of sp³-hybridized carbons (Fsp3) is 0.353. The normalized spacial score (nSPS) is 11.6. The topological polar surface area (TPSA) is 204 Å². The Kier molecular flexibility index (Phi) is 13.0. The van der Waals surface area contributed by atoms with E-state index in [0.29, 0.717) is 6.07 Å². The number of amides is 1. The van der Waals surface area contributed by atoms with Crippen molar-refractivity contribution >= 4 is 51.3 Å². The molecule has 0 fully saturated rings. The van der Waals surface area contributed by atoms with Gasteiger partial charge in [-0.25, -0.2) is 27.5 Å². The summed E-state index contributed by atoms with van der Waals surface area (Å²) < 4.78 is 59.5. The minimum atomic E-state index is -4.21. The lowest BCUT2D eigenvalue weighted by molar-refractivity contribution is -0.135. The highest BCUT2D eigenvalue weighted by Gasteiger charge is 2.25. The molecule has 0 aliphatic carbocycles. The van der Waals surface area contributed by atoms with Gasteiger partial charge in [-0.1, -0.05) is 24.3 Å². The molecule has 0 atom stereocenters. The summed E-state index contributed by atoms with van der Waals surface area (Å²) in [5.74, 6) is -3.07. The number of halogens is 1. The van der Waals surface area contributed by atoms with E-state index in [-0.39, 0.29) is 41.7 Å². The Morgan fingerprint density at radius 1 is 0.765 bits per heavy atom. The van der Waals surface area contributed by atoms with Crippen molar-refractivity contribution in [2.45, 2.75) is 57.6 Å². The SMILES string of the molecule is CC(C)(C)OC(=O)Oc1ccccc1N(CCN(CC(=O)Nc1ccc(S(N)(=O)=O)cc1F)c1ccccc1OC(=O)OC(C)(C)C)CC(=O)O. The van der Waals surface area contributed by atoms with Gasteiger partial charge in [0.2, 0.25) is 15.9 Å². The first-order valence-corrected chi connectivity index (χ1v) is 17.0. The Morgan fingerprint density at radius 3 is 1.63 bits per heavy atom. The van der Waals surface area contributed by atoms with E-state index in [1.54, 1.807) is 65.8 Å². The molecular weight excluding hydrogens is 691 g/mol.